The predicted octanol–water partition coefficient (Wildman–Crippen LogP) is 10.2. The van der Waals surface area contributed by atoms with Crippen molar-refractivity contribution in [2.24, 2.45) is 0 Å². The Labute approximate surface area is 318 Å². The minimum atomic E-state index is -0.391. The maximum Gasteiger partial charge on any atom is 0.252 e. The molecule has 7 aromatic rings. The number of para-hydroxylation sites is 1. The van der Waals surface area contributed by atoms with Crippen LogP contribution >= 0.6 is 0 Å². The van der Waals surface area contributed by atoms with Crippen molar-refractivity contribution in [3.05, 3.63) is 155 Å². The molecule has 6 aromatic carbocycles. The molecule has 0 saturated heterocycles. The summed E-state index contributed by atoms with van der Waals surface area (Å²) in [7, 11) is 0. The molecule has 3 aliphatic heterocycles. The molecule has 2 unspecified atom stereocenters. The molecule has 1 spiro atoms. The van der Waals surface area contributed by atoms with Crippen molar-refractivity contribution in [2.75, 3.05) is 4.90 Å². The third-order valence-corrected chi connectivity index (χ3v) is 15.5. The Morgan fingerprint density at radius 1 is 0.611 bits per heavy atom. The number of aromatic nitrogens is 1. The monoisotopic (exact) mass is 694 g/mol. The van der Waals surface area contributed by atoms with E-state index < -0.39 is 5.41 Å². The summed E-state index contributed by atoms with van der Waals surface area (Å²) >= 11 is 0. The maximum absolute atomic E-state index is 2.87. The van der Waals surface area contributed by atoms with E-state index in [1.165, 1.54) is 120 Å². The van der Waals surface area contributed by atoms with Gasteiger partial charge in [0.2, 0.25) is 0 Å². The van der Waals surface area contributed by atoms with E-state index in [0.29, 0.717) is 0 Å². The van der Waals surface area contributed by atoms with Gasteiger partial charge in [-0.15, -0.1) is 0 Å². The molecule has 2 nitrogen and oxygen atoms in total. The number of rotatable bonds is 0. The molecule has 13 rings (SSSR count). The first-order chi connectivity index (χ1) is 26.2. The molecule has 0 bridgehead atoms. The van der Waals surface area contributed by atoms with E-state index >= 15 is 0 Å². The largest absolute Gasteiger partial charge is 0.335 e. The highest BCUT2D eigenvalue weighted by Crippen LogP contribution is 2.66. The molecule has 260 valence electrons. The lowest BCUT2D eigenvalue weighted by atomic mass is 9.33. The molecule has 0 amide bonds. The van der Waals surface area contributed by atoms with Crippen LogP contribution in [0.15, 0.2) is 121 Å². The van der Waals surface area contributed by atoms with Crippen molar-refractivity contribution in [3.8, 4) is 28.1 Å². The van der Waals surface area contributed by atoms with Gasteiger partial charge in [-0.1, -0.05) is 150 Å². The average molecular weight is 695 g/mol. The second-order valence-corrected chi connectivity index (χ2v) is 18.7. The molecule has 2 atom stereocenters. The molecule has 54 heavy (non-hydrogen) atoms. The molecular weight excluding hydrogens is 651 g/mol. The van der Waals surface area contributed by atoms with Crippen LogP contribution in [-0.2, 0) is 16.2 Å². The molecule has 0 N–H and O–H groups in total. The first kappa shape index (κ1) is 30.1. The van der Waals surface area contributed by atoms with Crippen molar-refractivity contribution >= 4 is 45.4 Å². The zero-order valence-corrected chi connectivity index (χ0v) is 31.8. The Kier molecular flexibility index (Phi) is 5.20. The average Bonchev–Trinajstić information content (AvgIpc) is 3.85. The number of hydrogen-bond donors (Lipinski definition) is 0. The third kappa shape index (κ3) is 3.02. The Balaban J connectivity index is 1.21. The Morgan fingerprint density at radius 2 is 1.24 bits per heavy atom. The van der Waals surface area contributed by atoms with E-state index in [0.717, 1.165) is 0 Å². The molecule has 1 fully saturated rings. The summed E-state index contributed by atoms with van der Waals surface area (Å²) in [5.41, 5.74) is 24.1. The van der Waals surface area contributed by atoms with Gasteiger partial charge in [0.25, 0.3) is 6.71 Å². The van der Waals surface area contributed by atoms with Gasteiger partial charge in [-0.3, -0.25) is 0 Å². The van der Waals surface area contributed by atoms with Gasteiger partial charge in [0, 0.05) is 44.5 Å². The second-order valence-electron chi connectivity index (χ2n) is 18.7. The highest BCUT2D eigenvalue weighted by molar-refractivity contribution is 7.00. The van der Waals surface area contributed by atoms with Crippen molar-refractivity contribution < 1.29 is 0 Å². The van der Waals surface area contributed by atoms with E-state index in [4.69, 9.17) is 0 Å². The zero-order valence-electron chi connectivity index (χ0n) is 31.8. The number of nitrogens with zero attached hydrogens (tertiary/aromatic N) is 2. The number of benzene rings is 6. The summed E-state index contributed by atoms with van der Waals surface area (Å²) in [4.78, 5) is 2.87. The second kappa shape index (κ2) is 9.32. The van der Waals surface area contributed by atoms with Gasteiger partial charge in [0.05, 0.1) is 16.6 Å². The van der Waals surface area contributed by atoms with Crippen molar-refractivity contribution in [1.82, 2.24) is 4.57 Å². The molecule has 1 aromatic heterocycles. The minimum Gasteiger partial charge on any atom is -0.335 e. The number of fused-ring (bicyclic) bond motifs is 19. The Bertz CT molecular complexity index is 2840. The van der Waals surface area contributed by atoms with Gasteiger partial charge in [0.1, 0.15) is 0 Å². The summed E-state index contributed by atoms with van der Waals surface area (Å²) in [6, 6.07) is 47.6. The Morgan fingerprint density at radius 3 is 1.96 bits per heavy atom. The summed E-state index contributed by atoms with van der Waals surface area (Å²) in [5.74, 6) is 0. The van der Waals surface area contributed by atoms with Crippen LogP contribution in [-0.4, -0.2) is 16.8 Å². The first-order valence-corrected chi connectivity index (χ1v) is 20.3. The van der Waals surface area contributed by atoms with E-state index in [1.807, 2.05) is 0 Å². The fraction of sp³-hybridized carbons (Fsp3) is 0.255. The highest BCUT2D eigenvalue weighted by atomic mass is 15.3. The lowest BCUT2D eigenvalue weighted by Gasteiger charge is -2.52. The zero-order chi connectivity index (χ0) is 36.1. The fourth-order valence-electron chi connectivity index (χ4n) is 13.0. The Hall–Kier alpha value is -5.28. The van der Waals surface area contributed by atoms with Crippen LogP contribution in [0.1, 0.15) is 93.7 Å². The summed E-state index contributed by atoms with van der Waals surface area (Å²) in [5, 5.41) is 1.39. The SMILES string of the molecule is CC(C)(C)c1cc2c3c(c1)C1(C)CCCCC1(C)N3c1cccc3c1B2c1cccc2c4c(n-3c12)-c1ccccc1C41c2ccccc2-c2ccccc21. The van der Waals surface area contributed by atoms with Crippen molar-refractivity contribution in [1.29, 1.82) is 0 Å². The van der Waals surface area contributed by atoms with E-state index in [-0.39, 0.29) is 23.1 Å². The van der Waals surface area contributed by atoms with Gasteiger partial charge in [-0.25, -0.2) is 0 Å². The van der Waals surface area contributed by atoms with Crippen LogP contribution in [0.3, 0.4) is 0 Å². The van der Waals surface area contributed by atoms with Crippen LogP contribution in [0, 0.1) is 0 Å². The van der Waals surface area contributed by atoms with Gasteiger partial charge < -0.3 is 9.47 Å². The molecule has 4 heterocycles. The van der Waals surface area contributed by atoms with Crippen LogP contribution in [0.2, 0.25) is 0 Å². The quantitative estimate of drug-likeness (QED) is 0.144. The smallest absolute Gasteiger partial charge is 0.252 e. The van der Waals surface area contributed by atoms with E-state index in [9.17, 15) is 0 Å². The lowest BCUT2D eigenvalue weighted by Crippen LogP contribution is -2.64. The van der Waals surface area contributed by atoms with Crippen molar-refractivity contribution in [3.63, 3.8) is 0 Å². The summed E-state index contributed by atoms with van der Waals surface area (Å²) in [6.45, 7) is 12.6. The molecule has 6 aliphatic rings. The number of hydrogen-bond acceptors (Lipinski definition) is 1. The first-order valence-electron chi connectivity index (χ1n) is 20.3. The van der Waals surface area contributed by atoms with E-state index in [1.54, 1.807) is 5.56 Å². The molecule has 3 heteroatoms. The van der Waals surface area contributed by atoms with E-state index in [2.05, 4.69) is 165 Å². The normalized spacial score (nSPS) is 22.5. The van der Waals surface area contributed by atoms with Crippen molar-refractivity contribution in [2.45, 2.75) is 82.1 Å². The fourth-order valence-corrected chi connectivity index (χ4v) is 13.0. The summed E-state index contributed by atoms with van der Waals surface area (Å²) in [6.07, 6.45) is 5.04. The van der Waals surface area contributed by atoms with Gasteiger partial charge in [-0.2, -0.15) is 0 Å². The van der Waals surface area contributed by atoms with Gasteiger partial charge in [0.15, 0.2) is 0 Å². The van der Waals surface area contributed by atoms with Crippen LogP contribution in [0.4, 0.5) is 11.4 Å². The van der Waals surface area contributed by atoms with Crippen LogP contribution < -0.4 is 21.3 Å². The maximum atomic E-state index is 2.87. The highest BCUT2D eigenvalue weighted by Gasteiger charge is 2.62. The predicted molar refractivity (Wildman–Crippen MR) is 226 cm³/mol. The van der Waals surface area contributed by atoms with Crippen LogP contribution in [0.25, 0.3) is 39.0 Å². The molecular formula is C51H43BN2. The minimum absolute atomic E-state index is 0.0117. The lowest BCUT2D eigenvalue weighted by molar-refractivity contribution is 0.195. The molecule has 3 aliphatic carbocycles. The van der Waals surface area contributed by atoms with Gasteiger partial charge >= 0.3 is 0 Å². The summed E-state index contributed by atoms with van der Waals surface area (Å²) < 4.78 is 2.73. The third-order valence-electron chi connectivity index (χ3n) is 15.5. The topological polar surface area (TPSA) is 8.17 Å². The molecule has 1 saturated carbocycles. The van der Waals surface area contributed by atoms with Gasteiger partial charge in [-0.05, 0) is 92.6 Å². The molecule has 0 radical (unpaired) electrons. The number of anilines is 2. The van der Waals surface area contributed by atoms with Crippen LogP contribution in [0.5, 0.6) is 0 Å². The standard InChI is InChI=1S/C51H43BN2/c1-48(2,3)30-28-38-47-40(29-30)52-39-23-14-19-34-43-46(33-18-8-11-22-37(33)51(43)35-20-9-6-16-31(35)32-17-7-10-21-36(32)51)53(45(34)39)41-24-15-25-42(44(41)52)54(47)50(5)27-13-12-26-49(38,50)4/h6-11,14-25,28-29H,12-13,26-27H2,1-5H3.